The molecule has 0 bridgehead atoms. The Morgan fingerprint density at radius 3 is 2.29 bits per heavy atom. The fourth-order valence-corrected chi connectivity index (χ4v) is 1.88. The molecule has 0 radical (unpaired) electrons. The maximum atomic E-state index is 11.9. The number of hydrogen-bond acceptors (Lipinski definition) is 2. The number of nitrogens with one attached hydrogen (secondary N) is 1. The molecule has 0 aromatic carbocycles. The third-order valence-electron chi connectivity index (χ3n) is 2.82. The highest BCUT2D eigenvalue weighted by atomic mass is 19.3. The van der Waals surface area contributed by atoms with E-state index in [0.29, 0.717) is 12.1 Å². The van der Waals surface area contributed by atoms with Crippen molar-refractivity contribution in [2.75, 3.05) is 19.6 Å². The number of halogens is 2. The molecule has 1 N–H and O–H groups in total. The maximum Gasteiger partial charge on any atom is 0.250 e. The molecule has 0 aromatic heterocycles. The van der Waals surface area contributed by atoms with Gasteiger partial charge in [-0.3, -0.25) is 0 Å². The number of rotatable bonds is 4. The van der Waals surface area contributed by atoms with Gasteiger partial charge in [-0.05, 0) is 39.8 Å². The summed E-state index contributed by atoms with van der Waals surface area (Å²) in [5.41, 5.74) is 0. The normalized spacial score (nSPS) is 21.0. The molecule has 1 heterocycles. The highest BCUT2D eigenvalue weighted by Crippen LogP contribution is 2.12. The molecule has 1 aliphatic rings. The van der Waals surface area contributed by atoms with Crippen LogP contribution < -0.4 is 5.32 Å². The predicted molar refractivity (Wildman–Crippen MR) is 53.7 cm³/mol. The van der Waals surface area contributed by atoms with E-state index in [-0.39, 0.29) is 6.54 Å². The largest absolute Gasteiger partial charge is 0.309 e. The highest BCUT2D eigenvalue weighted by molar-refractivity contribution is 4.78. The van der Waals surface area contributed by atoms with Gasteiger partial charge in [-0.15, -0.1) is 0 Å². The Labute approximate surface area is 84.7 Å². The van der Waals surface area contributed by atoms with Gasteiger partial charge in [-0.2, -0.15) is 0 Å². The minimum atomic E-state index is -2.22. The lowest BCUT2D eigenvalue weighted by molar-refractivity contribution is 0.122. The average Bonchev–Trinajstić information content (AvgIpc) is 2.15. The van der Waals surface area contributed by atoms with Gasteiger partial charge < -0.3 is 10.2 Å². The molecular weight excluding hydrogens is 186 g/mol. The third kappa shape index (κ3) is 3.88. The first kappa shape index (κ1) is 11.9. The molecule has 4 heteroatoms. The molecule has 0 atom stereocenters. The van der Waals surface area contributed by atoms with E-state index in [2.05, 4.69) is 24.1 Å². The lowest BCUT2D eigenvalue weighted by Gasteiger charge is -2.34. The molecule has 0 spiro atoms. The van der Waals surface area contributed by atoms with Crippen molar-refractivity contribution in [3.8, 4) is 0 Å². The van der Waals surface area contributed by atoms with Crippen molar-refractivity contribution in [3.05, 3.63) is 0 Å². The van der Waals surface area contributed by atoms with Crippen LogP contribution >= 0.6 is 0 Å². The quantitative estimate of drug-likeness (QED) is 0.753. The van der Waals surface area contributed by atoms with Crippen LogP contribution in [0.25, 0.3) is 0 Å². The number of likely N-dealkylation sites (tertiary alicyclic amines) is 1. The molecule has 1 fully saturated rings. The minimum absolute atomic E-state index is 0.160. The van der Waals surface area contributed by atoms with Crippen LogP contribution in [0, 0.1) is 0 Å². The molecular formula is C10H20F2N2. The lowest BCUT2D eigenvalue weighted by Crippen LogP contribution is -2.45. The van der Waals surface area contributed by atoms with Crippen LogP contribution in [0.4, 0.5) is 8.78 Å². The molecule has 2 nitrogen and oxygen atoms in total. The Bertz CT molecular complexity index is 154. The van der Waals surface area contributed by atoms with Crippen molar-refractivity contribution >= 4 is 0 Å². The van der Waals surface area contributed by atoms with Gasteiger partial charge in [0.05, 0.1) is 6.54 Å². The first-order chi connectivity index (χ1) is 6.59. The number of piperidine rings is 1. The number of alkyl halides is 2. The lowest BCUT2D eigenvalue weighted by atomic mass is 10.0. The summed E-state index contributed by atoms with van der Waals surface area (Å²) in [7, 11) is 0. The van der Waals surface area contributed by atoms with E-state index in [9.17, 15) is 8.78 Å². The molecule has 0 saturated carbocycles. The molecule has 0 unspecified atom stereocenters. The zero-order valence-electron chi connectivity index (χ0n) is 8.97. The molecule has 0 amide bonds. The smallest absolute Gasteiger partial charge is 0.250 e. The van der Waals surface area contributed by atoms with Crippen LogP contribution in [0.3, 0.4) is 0 Å². The molecule has 84 valence electrons. The van der Waals surface area contributed by atoms with E-state index in [4.69, 9.17) is 0 Å². The van der Waals surface area contributed by atoms with Gasteiger partial charge in [0.15, 0.2) is 0 Å². The Hall–Kier alpha value is -0.220. The fraction of sp³-hybridized carbons (Fsp3) is 1.00. The second-order valence-electron chi connectivity index (χ2n) is 4.20. The fourth-order valence-electron chi connectivity index (χ4n) is 1.88. The summed E-state index contributed by atoms with van der Waals surface area (Å²) < 4.78 is 23.8. The second kappa shape index (κ2) is 5.61. The summed E-state index contributed by atoms with van der Waals surface area (Å²) in [5.74, 6) is 0. The standard InChI is InChI=1S/C10H20F2N2/c1-8(2)14-5-3-9(4-6-14)13-7-10(11)12/h8-10,13H,3-7H2,1-2H3. The van der Waals surface area contributed by atoms with Gasteiger partial charge in [-0.1, -0.05) is 0 Å². The second-order valence-corrected chi connectivity index (χ2v) is 4.20. The van der Waals surface area contributed by atoms with Crippen molar-refractivity contribution in [3.63, 3.8) is 0 Å². The maximum absolute atomic E-state index is 11.9. The SMILES string of the molecule is CC(C)N1CCC(NCC(F)F)CC1. The Morgan fingerprint density at radius 2 is 1.86 bits per heavy atom. The summed E-state index contributed by atoms with van der Waals surface area (Å²) in [5, 5.41) is 2.90. The molecule has 14 heavy (non-hydrogen) atoms. The Balaban J connectivity index is 2.16. The summed E-state index contributed by atoms with van der Waals surface area (Å²) in [6.45, 7) is 6.24. The zero-order valence-corrected chi connectivity index (χ0v) is 8.97. The molecule has 1 aliphatic heterocycles. The van der Waals surface area contributed by atoms with Crippen molar-refractivity contribution < 1.29 is 8.78 Å². The Morgan fingerprint density at radius 1 is 1.29 bits per heavy atom. The van der Waals surface area contributed by atoms with E-state index in [1.807, 2.05) is 0 Å². The van der Waals surface area contributed by atoms with Gasteiger partial charge in [0, 0.05) is 12.1 Å². The first-order valence-corrected chi connectivity index (χ1v) is 5.35. The van der Waals surface area contributed by atoms with Gasteiger partial charge in [0.2, 0.25) is 0 Å². The average molecular weight is 206 g/mol. The summed E-state index contributed by atoms with van der Waals surface area (Å²) in [6, 6.07) is 0.866. The van der Waals surface area contributed by atoms with Gasteiger partial charge in [-0.25, -0.2) is 8.78 Å². The van der Waals surface area contributed by atoms with E-state index < -0.39 is 6.43 Å². The van der Waals surface area contributed by atoms with E-state index >= 15 is 0 Å². The van der Waals surface area contributed by atoms with Crippen molar-refractivity contribution in [2.45, 2.75) is 45.2 Å². The van der Waals surface area contributed by atoms with E-state index in [1.165, 1.54) is 0 Å². The molecule has 0 aromatic rings. The van der Waals surface area contributed by atoms with E-state index in [0.717, 1.165) is 25.9 Å². The topological polar surface area (TPSA) is 15.3 Å². The summed E-state index contributed by atoms with van der Waals surface area (Å²) >= 11 is 0. The zero-order chi connectivity index (χ0) is 10.6. The van der Waals surface area contributed by atoms with Crippen LogP contribution in [0.5, 0.6) is 0 Å². The monoisotopic (exact) mass is 206 g/mol. The van der Waals surface area contributed by atoms with Gasteiger partial charge in [0.1, 0.15) is 0 Å². The third-order valence-corrected chi connectivity index (χ3v) is 2.82. The summed E-state index contributed by atoms with van der Waals surface area (Å²) in [4.78, 5) is 2.39. The first-order valence-electron chi connectivity index (χ1n) is 5.35. The van der Waals surface area contributed by atoms with Gasteiger partial charge >= 0.3 is 0 Å². The van der Waals surface area contributed by atoms with E-state index in [1.54, 1.807) is 0 Å². The van der Waals surface area contributed by atoms with Crippen LogP contribution in [0.1, 0.15) is 26.7 Å². The van der Waals surface area contributed by atoms with Crippen LogP contribution in [-0.4, -0.2) is 43.0 Å². The highest BCUT2D eigenvalue weighted by Gasteiger charge is 2.20. The van der Waals surface area contributed by atoms with Crippen molar-refractivity contribution in [2.24, 2.45) is 0 Å². The molecule has 1 saturated heterocycles. The van der Waals surface area contributed by atoms with Gasteiger partial charge in [0.25, 0.3) is 6.43 Å². The summed E-state index contributed by atoms with van der Waals surface area (Å²) in [6.07, 6.45) is -0.242. The molecule has 0 aliphatic carbocycles. The van der Waals surface area contributed by atoms with Crippen molar-refractivity contribution in [1.29, 1.82) is 0 Å². The molecule has 1 rings (SSSR count). The van der Waals surface area contributed by atoms with Crippen LogP contribution in [0.15, 0.2) is 0 Å². The van der Waals surface area contributed by atoms with Crippen LogP contribution in [0.2, 0.25) is 0 Å². The number of hydrogen-bond donors (Lipinski definition) is 1. The number of nitrogens with zero attached hydrogens (tertiary/aromatic N) is 1. The van der Waals surface area contributed by atoms with Crippen molar-refractivity contribution in [1.82, 2.24) is 10.2 Å². The Kier molecular flexibility index (Phi) is 4.75. The predicted octanol–water partition coefficient (Wildman–Crippen LogP) is 1.71. The van der Waals surface area contributed by atoms with Crippen LogP contribution in [-0.2, 0) is 0 Å². The minimum Gasteiger partial charge on any atom is -0.309 e.